The van der Waals surface area contributed by atoms with Gasteiger partial charge in [-0.15, -0.1) is 11.8 Å². The monoisotopic (exact) mass is 361 g/mol. The minimum Gasteiger partial charge on any atom is -0.464 e. The predicted molar refractivity (Wildman–Crippen MR) is 97.2 cm³/mol. The molecule has 25 heavy (non-hydrogen) atoms. The third-order valence-corrected chi connectivity index (χ3v) is 5.33. The van der Waals surface area contributed by atoms with Gasteiger partial charge >= 0.3 is 5.97 Å². The second-order valence-electron chi connectivity index (χ2n) is 5.85. The molecule has 2 heterocycles. The summed E-state index contributed by atoms with van der Waals surface area (Å²) in [5.74, 6) is 0.650. The van der Waals surface area contributed by atoms with Gasteiger partial charge in [-0.2, -0.15) is 5.10 Å². The van der Waals surface area contributed by atoms with E-state index in [-0.39, 0.29) is 5.97 Å². The van der Waals surface area contributed by atoms with Crippen molar-refractivity contribution in [3.63, 3.8) is 0 Å². The average Bonchev–Trinajstić information content (AvgIpc) is 3.11. The third-order valence-electron chi connectivity index (χ3n) is 4.23. The van der Waals surface area contributed by atoms with E-state index in [0.29, 0.717) is 12.1 Å². The minimum atomic E-state index is -0.384. The van der Waals surface area contributed by atoms with Gasteiger partial charge in [0.15, 0.2) is 0 Å². The first-order valence-electron chi connectivity index (χ1n) is 8.39. The first-order chi connectivity index (χ1) is 12.3. The molecule has 1 aromatic heterocycles. The lowest BCUT2D eigenvalue weighted by atomic mass is 10.1. The van der Waals surface area contributed by atoms with Crippen molar-refractivity contribution >= 4 is 17.7 Å². The number of thioether (sulfide) groups is 1. The molecule has 0 saturated carbocycles. The molecular formula is C18H23N3O3S. The van der Waals surface area contributed by atoms with Crippen LogP contribution in [0.25, 0.3) is 0 Å². The number of hydrogen-bond donors (Lipinski definition) is 1. The molecule has 0 amide bonds. The van der Waals surface area contributed by atoms with Gasteiger partial charge in [-0.3, -0.25) is 10.00 Å². The summed E-state index contributed by atoms with van der Waals surface area (Å²) in [5, 5.41) is 6.72. The highest BCUT2D eigenvalue weighted by atomic mass is 32.2. The number of hydrogen-bond acceptors (Lipinski definition) is 6. The van der Waals surface area contributed by atoms with Crippen molar-refractivity contribution in [2.45, 2.75) is 11.3 Å². The van der Waals surface area contributed by atoms with Crippen molar-refractivity contribution in [3.8, 4) is 0 Å². The molecule has 1 aliphatic rings. The van der Waals surface area contributed by atoms with Gasteiger partial charge in [0.05, 0.1) is 26.5 Å². The van der Waals surface area contributed by atoms with E-state index in [4.69, 9.17) is 9.47 Å². The third kappa shape index (κ3) is 4.84. The molecule has 1 N–H and O–H groups in total. The van der Waals surface area contributed by atoms with Crippen LogP contribution in [0.4, 0.5) is 0 Å². The highest BCUT2D eigenvalue weighted by Crippen LogP contribution is 2.25. The van der Waals surface area contributed by atoms with Gasteiger partial charge < -0.3 is 9.47 Å². The van der Waals surface area contributed by atoms with E-state index >= 15 is 0 Å². The topological polar surface area (TPSA) is 67.5 Å². The van der Waals surface area contributed by atoms with Crippen LogP contribution in [-0.2, 0) is 15.9 Å². The van der Waals surface area contributed by atoms with Gasteiger partial charge in [0, 0.05) is 42.3 Å². The van der Waals surface area contributed by atoms with E-state index in [2.05, 4.69) is 33.3 Å². The molecule has 2 aromatic rings. The van der Waals surface area contributed by atoms with Crippen molar-refractivity contribution in [3.05, 3.63) is 47.3 Å². The van der Waals surface area contributed by atoms with Crippen LogP contribution in [0.1, 0.15) is 21.6 Å². The van der Waals surface area contributed by atoms with E-state index in [1.54, 1.807) is 6.20 Å². The van der Waals surface area contributed by atoms with Crippen LogP contribution >= 0.6 is 11.8 Å². The molecule has 1 aromatic carbocycles. The quantitative estimate of drug-likeness (QED) is 0.602. The van der Waals surface area contributed by atoms with Gasteiger partial charge in [0.1, 0.15) is 5.69 Å². The zero-order valence-electron chi connectivity index (χ0n) is 14.4. The van der Waals surface area contributed by atoms with Crippen LogP contribution < -0.4 is 0 Å². The Morgan fingerprint density at radius 1 is 1.32 bits per heavy atom. The van der Waals surface area contributed by atoms with E-state index in [1.807, 2.05) is 17.8 Å². The number of nitrogens with one attached hydrogen (secondary N) is 1. The normalized spacial score (nSPS) is 15.2. The zero-order valence-corrected chi connectivity index (χ0v) is 15.2. The van der Waals surface area contributed by atoms with Crippen molar-refractivity contribution in [2.24, 2.45) is 0 Å². The van der Waals surface area contributed by atoms with Crippen molar-refractivity contribution in [1.29, 1.82) is 0 Å². The van der Waals surface area contributed by atoms with Crippen molar-refractivity contribution in [1.82, 2.24) is 15.1 Å². The molecule has 134 valence electrons. The average molecular weight is 361 g/mol. The zero-order chi connectivity index (χ0) is 17.5. The summed E-state index contributed by atoms with van der Waals surface area (Å²) >= 11 is 1.85. The molecule has 0 spiro atoms. The van der Waals surface area contributed by atoms with Crippen LogP contribution in [0.15, 0.2) is 35.4 Å². The number of ether oxygens (including phenoxy) is 2. The molecule has 0 unspecified atom stereocenters. The molecular weight excluding hydrogens is 338 g/mol. The molecule has 0 atom stereocenters. The predicted octanol–water partition coefficient (Wildman–Crippen LogP) is 2.21. The Labute approximate surface area is 151 Å². The van der Waals surface area contributed by atoms with Crippen LogP contribution in [0, 0.1) is 0 Å². The Morgan fingerprint density at radius 3 is 2.92 bits per heavy atom. The fourth-order valence-corrected chi connectivity index (χ4v) is 3.90. The fourth-order valence-electron chi connectivity index (χ4n) is 2.83. The van der Waals surface area contributed by atoms with E-state index in [9.17, 15) is 4.79 Å². The molecule has 0 bridgehead atoms. The van der Waals surface area contributed by atoms with Crippen LogP contribution in [0.2, 0.25) is 0 Å². The maximum atomic E-state index is 11.8. The van der Waals surface area contributed by atoms with Gasteiger partial charge in [-0.25, -0.2) is 4.79 Å². The summed E-state index contributed by atoms with van der Waals surface area (Å²) in [6.07, 6.45) is 2.35. The number of nitrogens with zero attached hydrogens (tertiary/aromatic N) is 2. The lowest BCUT2D eigenvalue weighted by Gasteiger charge is -2.26. The standard InChI is InChI=1S/C18H23N3O3S/c1-23-18(22)17-15(13-19-20-17)12-14-4-2-3-5-16(14)25-11-8-21-6-9-24-10-7-21/h2-5,13H,6-12H2,1H3,(H,19,20). The number of H-pyrrole nitrogens is 1. The highest BCUT2D eigenvalue weighted by Gasteiger charge is 2.16. The summed E-state index contributed by atoms with van der Waals surface area (Å²) in [6.45, 7) is 4.75. The summed E-state index contributed by atoms with van der Waals surface area (Å²) < 4.78 is 10.2. The number of aromatic nitrogens is 2. The minimum absolute atomic E-state index is 0.384. The first kappa shape index (κ1) is 18.0. The molecule has 1 aliphatic heterocycles. The Hall–Kier alpha value is -1.83. The molecule has 1 fully saturated rings. The van der Waals surface area contributed by atoms with Crippen molar-refractivity contribution in [2.75, 3.05) is 45.7 Å². The summed E-state index contributed by atoms with van der Waals surface area (Å²) in [6, 6.07) is 8.32. The van der Waals surface area contributed by atoms with E-state index in [0.717, 1.165) is 44.2 Å². The number of carbonyl (C=O) groups excluding carboxylic acids is 1. The SMILES string of the molecule is COC(=O)c1[nH]ncc1Cc1ccccc1SCCN1CCOCC1. The maximum Gasteiger partial charge on any atom is 0.356 e. The lowest BCUT2D eigenvalue weighted by Crippen LogP contribution is -2.37. The second-order valence-corrected chi connectivity index (χ2v) is 6.99. The molecule has 1 saturated heterocycles. The summed E-state index contributed by atoms with van der Waals surface area (Å²) in [5.41, 5.74) is 2.48. The van der Waals surface area contributed by atoms with Crippen LogP contribution in [-0.4, -0.2) is 66.8 Å². The second kappa shape index (κ2) is 9.03. The lowest BCUT2D eigenvalue weighted by molar-refractivity contribution is 0.0410. The number of carbonyl (C=O) groups is 1. The van der Waals surface area contributed by atoms with Gasteiger partial charge in [0.25, 0.3) is 0 Å². The molecule has 0 radical (unpaired) electrons. The first-order valence-corrected chi connectivity index (χ1v) is 9.38. The molecule has 7 heteroatoms. The largest absolute Gasteiger partial charge is 0.464 e. The molecule has 6 nitrogen and oxygen atoms in total. The number of aromatic amines is 1. The van der Waals surface area contributed by atoms with Crippen LogP contribution in [0.3, 0.4) is 0 Å². The maximum absolute atomic E-state index is 11.8. The Kier molecular flexibility index (Phi) is 6.49. The van der Waals surface area contributed by atoms with E-state index < -0.39 is 0 Å². The van der Waals surface area contributed by atoms with E-state index in [1.165, 1.54) is 17.6 Å². The van der Waals surface area contributed by atoms with Crippen LogP contribution in [0.5, 0.6) is 0 Å². The number of morpholine rings is 1. The Balaban J connectivity index is 1.63. The Morgan fingerprint density at radius 2 is 2.12 bits per heavy atom. The van der Waals surface area contributed by atoms with Crippen molar-refractivity contribution < 1.29 is 14.3 Å². The van der Waals surface area contributed by atoms with Gasteiger partial charge in [0.2, 0.25) is 0 Å². The summed E-state index contributed by atoms with van der Waals surface area (Å²) in [4.78, 5) is 15.5. The molecule has 0 aliphatic carbocycles. The number of methoxy groups -OCH3 is 1. The molecule has 3 rings (SSSR count). The van der Waals surface area contributed by atoms with Gasteiger partial charge in [-0.05, 0) is 11.6 Å². The number of esters is 1. The Bertz CT molecular complexity index is 698. The highest BCUT2D eigenvalue weighted by molar-refractivity contribution is 7.99. The smallest absolute Gasteiger partial charge is 0.356 e. The van der Waals surface area contributed by atoms with Gasteiger partial charge in [-0.1, -0.05) is 18.2 Å². The number of benzene rings is 1. The number of rotatable bonds is 7. The fraction of sp³-hybridized carbons (Fsp3) is 0.444. The summed E-state index contributed by atoms with van der Waals surface area (Å²) in [7, 11) is 1.38.